The first-order valence-corrected chi connectivity index (χ1v) is 3.96. The van der Waals surface area contributed by atoms with Crippen LogP contribution in [0.4, 0.5) is 43.9 Å². The fourth-order valence-electron chi connectivity index (χ4n) is 0.919. The highest BCUT2D eigenvalue weighted by molar-refractivity contribution is 5.22. The molecule has 0 aromatic carbocycles. The fraction of sp³-hybridized carbons (Fsp3) is 0.429. The van der Waals surface area contributed by atoms with Gasteiger partial charge in [-0.05, 0) is 0 Å². The first kappa shape index (κ1) is 15.4. The number of hydrogen-bond acceptors (Lipinski definition) is 2. The van der Waals surface area contributed by atoms with E-state index in [1.54, 1.807) is 0 Å². The molecule has 0 saturated carbocycles. The minimum atomic E-state index is -6.38. The largest absolute Gasteiger partial charge is 0.468 e. The van der Waals surface area contributed by atoms with Gasteiger partial charge in [-0.15, -0.1) is 0 Å². The first-order valence-electron chi connectivity index (χ1n) is 3.96. The summed E-state index contributed by atoms with van der Waals surface area (Å²) in [5.74, 6) is -15.2. The molecule has 19 heavy (non-hydrogen) atoms. The molecule has 1 atom stereocenters. The Labute approximate surface area is 96.4 Å². The second-order valence-corrected chi connectivity index (χ2v) is 2.99. The number of ether oxygens (including phenoxy) is 2. The second kappa shape index (κ2) is 4.20. The van der Waals surface area contributed by atoms with Crippen molar-refractivity contribution in [3.05, 3.63) is 23.6 Å². The zero-order valence-electron chi connectivity index (χ0n) is 8.10. The van der Waals surface area contributed by atoms with Crippen LogP contribution < -0.4 is 0 Å². The highest BCUT2D eigenvalue weighted by atomic mass is 19.4. The minimum Gasteiger partial charge on any atom is -0.414 e. The molecule has 0 amide bonds. The minimum absolute atomic E-state index is 2.73. The Morgan fingerprint density at radius 3 is 1.79 bits per heavy atom. The van der Waals surface area contributed by atoms with E-state index >= 15 is 0 Å². The summed E-state index contributed by atoms with van der Waals surface area (Å²) in [6, 6.07) is 0. The molecule has 110 valence electrons. The standard InChI is InChI=1S/C7F10O2/c8-1-2(6(12,13)14)18-4(3(9)10)19-5(1,11)7(15,16)17. The zero-order chi connectivity index (χ0) is 15.2. The van der Waals surface area contributed by atoms with Gasteiger partial charge in [0.1, 0.15) is 0 Å². The van der Waals surface area contributed by atoms with Gasteiger partial charge >= 0.3 is 30.2 Å². The molecule has 0 N–H and O–H groups in total. The SMILES string of the molecule is FC(F)=C1OC(C(F)(F)F)=C(F)C(F)(C(F)(F)F)O1. The van der Waals surface area contributed by atoms with Crippen LogP contribution in [0, 0.1) is 0 Å². The van der Waals surface area contributed by atoms with Crippen LogP contribution in [0.1, 0.15) is 0 Å². The normalized spacial score (nSPS) is 25.1. The average Bonchev–Trinajstić information content (AvgIpc) is 2.18. The maximum atomic E-state index is 13.1. The van der Waals surface area contributed by atoms with Crippen LogP contribution in [0.5, 0.6) is 0 Å². The van der Waals surface area contributed by atoms with Crippen molar-refractivity contribution in [2.75, 3.05) is 0 Å². The van der Waals surface area contributed by atoms with Crippen molar-refractivity contribution in [3.8, 4) is 0 Å². The third kappa shape index (κ3) is 2.56. The zero-order valence-corrected chi connectivity index (χ0v) is 8.10. The maximum absolute atomic E-state index is 13.1. The van der Waals surface area contributed by atoms with Gasteiger partial charge in [-0.2, -0.15) is 43.9 Å². The molecule has 1 aliphatic rings. The van der Waals surface area contributed by atoms with Gasteiger partial charge in [0.2, 0.25) is 5.83 Å². The van der Waals surface area contributed by atoms with Crippen molar-refractivity contribution < 1.29 is 53.4 Å². The van der Waals surface area contributed by atoms with E-state index in [4.69, 9.17) is 0 Å². The molecule has 1 unspecified atom stereocenters. The van der Waals surface area contributed by atoms with Crippen LogP contribution in [-0.4, -0.2) is 18.2 Å². The summed E-state index contributed by atoms with van der Waals surface area (Å²) in [6.45, 7) is 0. The van der Waals surface area contributed by atoms with Crippen LogP contribution in [0.2, 0.25) is 0 Å². The van der Waals surface area contributed by atoms with E-state index in [0.29, 0.717) is 0 Å². The number of halogens is 10. The molecule has 2 nitrogen and oxygen atoms in total. The fourth-order valence-corrected chi connectivity index (χ4v) is 0.919. The van der Waals surface area contributed by atoms with Gasteiger partial charge in [0, 0.05) is 0 Å². The summed E-state index contributed by atoms with van der Waals surface area (Å²) < 4.78 is 128. The molecule has 0 radical (unpaired) electrons. The molecule has 0 aromatic rings. The summed E-state index contributed by atoms with van der Waals surface area (Å²) in [5, 5.41) is 0. The molecule has 12 heteroatoms. The monoisotopic (exact) mass is 306 g/mol. The molecule has 0 spiro atoms. The molecule has 1 rings (SSSR count). The lowest BCUT2D eigenvalue weighted by Gasteiger charge is -2.32. The molecule has 1 aliphatic heterocycles. The van der Waals surface area contributed by atoms with Crippen LogP contribution in [0.25, 0.3) is 0 Å². The molecule has 0 aliphatic carbocycles. The summed E-state index contributed by atoms with van der Waals surface area (Å²) in [7, 11) is 0. The summed E-state index contributed by atoms with van der Waals surface area (Å²) >= 11 is 0. The van der Waals surface area contributed by atoms with Gasteiger partial charge in [-0.25, -0.2) is 0 Å². The Bertz CT molecular complexity index is 440. The molecule has 0 bridgehead atoms. The van der Waals surface area contributed by atoms with E-state index in [1.807, 2.05) is 0 Å². The topological polar surface area (TPSA) is 18.5 Å². The Morgan fingerprint density at radius 1 is 1.00 bits per heavy atom. The van der Waals surface area contributed by atoms with Crippen molar-refractivity contribution in [1.82, 2.24) is 0 Å². The van der Waals surface area contributed by atoms with Gasteiger partial charge in [0.15, 0.2) is 0 Å². The van der Waals surface area contributed by atoms with E-state index in [-0.39, 0.29) is 0 Å². The molecule has 0 saturated heterocycles. The van der Waals surface area contributed by atoms with Crippen molar-refractivity contribution in [3.63, 3.8) is 0 Å². The van der Waals surface area contributed by atoms with Crippen molar-refractivity contribution in [2.24, 2.45) is 0 Å². The molecule has 1 heterocycles. The molecule has 0 fully saturated rings. The summed E-state index contributed by atoms with van der Waals surface area (Å²) in [4.78, 5) is 0. The van der Waals surface area contributed by atoms with Crippen LogP contribution in [0.3, 0.4) is 0 Å². The number of hydrogen-bond donors (Lipinski definition) is 0. The van der Waals surface area contributed by atoms with Gasteiger partial charge < -0.3 is 9.47 Å². The average molecular weight is 306 g/mol. The van der Waals surface area contributed by atoms with Gasteiger partial charge in [-0.1, -0.05) is 0 Å². The summed E-state index contributed by atoms with van der Waals surface area (Å²) in [6.07, 6.45) is -15.7. The quantitative estimate of drug-likeness (QED) is 0.628. The lowest BCUT2D eigenvalue weighted by Crippen LogP contribution is -2.48. The second-order valence-electron chi connectivity index (χ2n) is 2.99. The van der Waals surface area contributed by atoms with Crippen molar-refractivity contribution in [1.29, 1.82) is 0 Å². The van der Waals surface area contributed by atoms with Crippen LogP contribution in [0.15, 0.2) is 23.6 Å². The number of rotatable bonds is 0. The Kier molecular flexibility index (Phi) is 3.41. The third-order valence-electron chi connectivity index (χ3n) is 1.69. The lowest BCUT2D eigenvalue weighted by atomic mass is 10.2. The number of allylic oxidation sites excluding steroid dienone is 1. The van der Waals surface area contributed by atoms with Crippen LogP contribution >= 0.6 is 0 Å². The summed E-state index contributed by atoms with van der Waals surface area (Å²) in [5.41, 5.74) is 0. The predicted octanol–water partition coefficient (Wildman–Crippen LogP) is 4.07. The smallest absolute Gasteiger partial charge is 0.414 e. The van der Waals surface area contributed by atoms with E-state index < -0.39 is 41.8 Å². The molecule has 0 aromatic heterocycles. The van der Waals surface area contributed by atoms with E-state index in [0.717, 1.165) is 0 Å². The molecular formula is C7F10O2. The maximum Gasteiger partial charge on any atom is 0.468 e. The molecular weight excluding hydrogens is 306 g/mol. The van der Waals surface area contributed by atoms with Gasteiger partial charge in [0.05, 0.1) is 0 Å². The van der Waals surface area contributed by atoms with Gasteiger partial charge in [0.25, 0.3) is 5.76 Å². The lowest BCUT2D eigenvalue weighted by molar-refractivity contribution is -0.333. The number of alkyl halides is 7. The van der Waals surface area contributed by atoms with Crippen LogP contribution in [-0.2, 0) is 9.47 Å². The highest BCUT2D eigenvalue weighted by Gasteiger charge is 2.69. The Hall–Kier alpha value is -1.62. The van der Waals surface area contributed by atoms with Crippen molar-refractivity contribution in [2.45, 2.75) is 18.2 Å². The predicted molar refractivity (Wildman–Crippen MR) is 35.5 cm³/mol. The van der Waals surface area contributed by atoms with E-state index in [9.17, 15) is 43.9 Å². The Balaban J connectivity index is 3.53. The third-order valence-corrected chi connectivity index (χ3v) is 1.69. The first-order chi connectivity index (χ1) is 8.30. The Morgan fingerprint density at radius 2 is 1.47 bits per heavy atom. The van der Waals surface area contributed by atoms with Crippen molar-refractivity contribution >= 4 is 0 Å². The van der Waals surface area contributed by atoms with Gasteiger partial charge in [-0.3, -0.25) is 0 Å². The van der Waals surface area contributed by atoms with E-state index in [2.05, 4.69) is 9.47 Å². The highest BCUT2D eigenvalue weighted by Crippen LogP contribution is 2.50. The van der Waals surface area contributed by atoms with E-state index in [1.165, 1.54) is 0 Å².